The maximum absolute atomic E-state index is 10.4. The molecule has 13 heavy (non-hydrogen) atoms. The first-order chi connectivity index (χ1) is 5.92. The topological polar surface area (TPSA) is 75.3 Å². The molecule has 0 aliphatic heterocycles. The van der Waals surface area contributed by atoms with Crippen LogP contribution in [0.2, 0.25) is 0 Å². The third kappa shape index (κ3) is 11.4. The molecule has 0 bridgehead atoms. The monoisotopic (exact) mass is 188 g/mol. The first-order valence-electron chi connectivity index (χ1n) is 4.63. The highest BCUT2D eigenvalue weighted by Gasteiger charge is 2.10. The van der Waals surface area contributed by atoms with Gasteiger partial charge in [0.05, 0.1) is 5.60 Å². The zero-order valence-electron chi connectivity index (χ0n) is 8.47. The van der Waals surface area contributed by atoms with Crippen molar-refractivity contribution in [2.45, 2.75) is 38.7 Å². The van der Waals surface area contributed by atoms with E-state index in [1.165, 1.54) is 0 Å². The molecule has 4 nitrogen and oxygen atoms in total. The number of nitrogens with two attached hydrogens (primary N) is 1. The van der Waals surface area contributed by atoms with E-state index < -0.39 is 5.60 Å². The van der Waals surface area contributed by atoms with Gasteiger partial charge in [0.1, 0.15) is 0 Å². The molecule has 0 heterocycles. The van der Waals surface area contributed by atoms with Crippen molar-refractivity contribution in [3.05, 3.63) is 0 Å². The van der Waals surface area contributed by atoms with Gasteiger partial charge >= 0.3 is 0 Å². The fraction of sp³-hybridized carbons (Fsp3) is 0.889. The second kappa shape index (κ2) is 5.94. The van der Waals surface area contributed by atoms with Crippen molar-refractivity contribution in [2.24, 2.45) is 5.73 Å². The summed E-state index contributed by atoms with van der Waals surface area (Å²) < 4.78 is 0. The third-order valence-electron chi connectivity index (χ3n) is 1.58. The number of carbonyl (C=O) groups excluding carboxylic acids is 1. The van der Waals surface area contributed by atoms with Gasteiger partial charge < -0.3 is 16.2 Å². The standard InChI is InChI=1S/C9H20N2O2/c1-9(2,13)7-11-6-4-3-5-8(10)12/h11,13H,3-7H2,1-2H3,(H2,10,12). The maximum atomic E-state index is 10.4. The van der Waals surface area contributed by atoms with Gasteiger partial charge in [-0.2, -0.15) is 0 Å². The van der Waals surface area contributed by atoms with E-state index in [0.717, 1.165) is 19.4 Å². The summed E-state index contributed by atoms with van der Waals surface area (Å²) in [6, 6.07) is 0. The zero-order chi connectivity index (χ0) is 10.3. The van der Waals surface area contributed by atoms with E-state index in [9.17, 15) is 9.90 Å². The Morgan fingerprint density at radius 2 is 2.08 bits per heavy atom. The number of primary amides is 1. The van der Waals surface area contributed by atoms with Crippen molar-refractivity contribution in [3.63, 3.8) is 0 Å². The number of amides is 1. The average Bonchev–Trinajstić information content (AvgIpc) is 1.93. The fourth-order valence-electron chi connectivity index (χ4n) is 0.944. The quantitative estimate of drug-likeness (QED) is 0.492. The molecule has 0 unspecified atom stereocenters. The molecule has 0 aliphatic rings. The van der Waals surface area contributed by atoms with Crippen LogP contribution in [-0.2, 0) is 4.79 Å². The lowest BCUT2D eigenvalue weighted by Gasteiger charge is -2.17. The van der Waals surface area contributed by atoms with Crippen LogP contribution in [0.5, 0.6) is 0 Å². The first-order valence-corrected chi connectivity index (χ1v) is 4.63. The van der Waals surface area contributed by atoms with Gasteiger partial charge in [0.2, 0.25) is 5.91 Å². The van der Waals surface area contributed by atoms with Crippen LogP contribution in [0.15, 0.2) is 0 Å². The predicted molar refractivity (Wildman–Crippen MR) is 52.2 cm³/mol. The van der Waals surface area contributed by atoms with E-state index >= 15 is 0 Å². The van der Waals surface area contributed by atoms with Gasteiger partial charge in [-0.15, -0.1) is 0 Å². The maximum Gasteiger partial charge on any atom is 0.217 e. The summed E-state index contributed by atoms with van der Waals surface area (Å²) in [6.07, 6.45) is 2.18. The van der Waals surface area contributed by atoms with Gasteiger partial charge in [0.25, 0.3) is 0 Å². The molecule has 0 saturated heterocycles. The minimum Gasteiger partial charge on any atom is -0.389 e. The van der Waals surface area contributed by atoms with Crippen LogP contribution < -0.4 is 11.1 Å². The summed E-state index contributed by atoms with van der Waals surface area (Å²) in [6.45, 7) is 4.90. The smallest absolute Gasteiger partial charge is 0.217 e. The lowest BCUT2D eigenvalue weighted by atomic mass is 10.1. The normalized spacial score (nSPS) is 11.6. The Labute approximate surface area is 79.5 Å². The lowest BCUT2D eigenvalue weighted by molar-refractivity contribution is -0.118. The summed E-state index contributed by atoms with van der Waals surface area (Å²) in [4.78, 5) is 10.4. The molecule has 0 aromatic heterocycles. The van der Waals surface area contributed by atoms with E-state index in [1.807, 2.05) is 0 Å². The number of hydrogen-bond acceptors (Lipinski definition) is 3. The third-order valence-corrected chi connectivity index (χ3v) is 1.58. The first kappa shape index (κ1) is 12.4. The number of carbonyl (C=O) groups is 1. The van der Waals surface area contributed by atoms with E-state index in [1.54, 1.807) is 13.8 Å². The van der Waals surface area contributed by atoms with Crippen LogP contribution in [0.25, 0.3) is 0 Å². The number of aliphatic hydroxyl groups is 1. The second-order valence-electron chi connectivity index (χ2n) is 3.91. The minimum atomic E-state index is -0.663. The molecular formula is C9H20N2O2. The average molecular weight is 188 g/mol. The van der Waals surface area contributed by atoms with E-state index in [-0.39, 0.29) is 5.91 Å². The van der Waals surface area contributed by atoms with Crippen molar-refractivity contribution < 1.29 is 9.90 Å². The summed E-state index contributed by atoms with van der Waals surface area (Å²) in [5, 5.41) is 12.4. The molecule has 0 aliphatic carbocycles. The Morgan fingerprint density at radius 1 is 1.46 bits per heavy atom. The van der Waals surface area contributed by atoms with Crippen LogP contribution >= 0.6 is 0 Å². The van der Waals surface area contributed by atoms with E-state index in [0.29, 0.717) is 13.0 Å². The highest BCUT2D eigenvalue weighted by atomic mass is 16.3. The Bertz CT molecular complexity index is 152. The van der Waals surface area contributed by atoms with Gasteiger partial charge in [-0.3, -0.25) is 4.79 Å². The molecule has 78 valence electrons. The van der Waals surface area contributed by atoms with Gasteiger partial charge in [-0.05, 0) is 33.2 Å². The molecule has 0 saturated carbocycles. The van der Waals surface area contributed by atoms with Gasteiger partial charge in [0.15, 0.2) is 0 Å². The fourth-order valence-corrected chi connectivity index (χ4v) is 0.944. The summed E-state index contributed by atoms with van der Waals surface area (Å²) in [5.41, 5.74) is 4.31. The second-order valence-corrected chi connectivity index (χ2v) is 3.91. The van der Waals surface area contributed by atoms with Crippen molar-refractivity contribution in [3.8, 4) is 0 Å². The van der Waals surface area contributed by atoms with Crippen LogP contribution in [-0.4, -0.2) is 29.7 Å². The summed E-state index contributed by atoms with van der Waals surface area (Å²) in [5.74, 6) is -0.248. The molecular weight excluding hydrogens is 168 g/mol. The Morgan fingerprint density at radius 3 is 2.54 bits per heavy atom. The van der Waals surface area contributed by atoms with Gasteiger partial charge in [0, 0.05) is 13.0 Å². The van der Waals surface area contributed by atoms with Crippen molar-refractivity contribution in [1.82, 2.24) is 5.32 Å². The molecule has 0 fully saturated rings. The number of rotatable bonds is 7. The molecule has 1 amide bonds. The number of hydrogen-bond donors (Lipinski definition) is 3. The molecule has 0 rings (SSSR count). The van der Waals surface area contributed by atoms with Crippen molar-refractivity contribution >= 4 is 5.91 Å². The molecule has 0 atom stereocenters. The Balaban J connectivity index is 3.13. The largest absolute Gasteiger partial charge is 0.389 e. The van der Waals surface area contributed by atoms with Crippen LogP contribution in [0.3, 0.4) is 0 Å². The number of nitrogens with one attached hydrogen (secondary N) is 1. The zero-order valence-corrected chi connectivity index (χ0v) is 8.47. The molecule has 0 radical (unpaired) electrons. The molecule has 0 aromatic rings. The molecule has 4 N–H and O–H groups in total. The van der Waals surface area contributed by atoms with Crippen LogP contribution in [0, 0.1) is 0 Å². The minimum absolute atomic E-state index is 0.248. The van der Waals surface area contributed by atoms with E-state index in [2.05, 4.69) is 5.32 Å². The summed E-state index contributed by atoms with van der Waals surface area (Å²) in [7, 11) is 0. The molecule has 4 heteroatoms. The van der Waals surface area contributed by atoms with Crippen molar-refractivity contribution in [1.29, 1.82) is 0 Å². The van der Waals surface area contributed by atoms with Gasteiger partial charge in [-0.25, -0.2) is 0 Å². The SMILES string of the molecule is CC(C)(O)CNCCCCC(N)=O. The Kier molecular flexibility index (Phi) is 5.66. The highest BCUT2D eigenvalue weighted by molar-refractivity contribution is 5.73. The van der Waals surface area contributed by atoms with Crippen LogP contribution in [0.1, 0.15) is 33.1 Å². The van der Waals surface area contributed by atoms with E-state index in [4.69, 9.17) is 5.73 Å². The van der Waals surface area contributed by atoms with Crippen LogP contribution in [0.4, 0.5) is 0 Å². The van der Waals surface area contributed by atoms with Crippen molar-refractivity contribution in [2.75, 3.05) is 13.1 Å². The van der Waals surface area contributed by atoms with Gasteiger partial charge in [-0.1, -0.05) is 0 Å². The number of unbranched alkanes of at least 4 members (excludes halogenated alkanes) is 1. The molecule has 0 aromatic carbocycles. The Hall–Kier alpha value is -0.610. The highest BCUT2D eigenvalue weighted by Crippen LogP contribution is 1.98. The lowest BCUT2D eigenvalue weighted by Crippen LogP contribution is -2.35. The summed E-state index contributed by atoms with van der Waals surface area (Å²) >= 11 is 0. The molecule has 0 spiro atoms. The predicted octanol–water partition coefficient (Wildman–Crippen LogP) is 0.00250.